The molecule has 5 atom stereocenters. The molecule has 1 aliphatic heterocycles. The van der Waals surface area contributed by atoms with Crippen LogP contribution in [0.3, 0.4) is 0 Å². The number of carbonyl (C=O) groups excluding carboxylic acids is 3. The number of fused-ring (bicyclic) bond motifs is 1. The molecular weight excluding hydrogens is 643 g/mol. The highest BCUT2D eigenvalue weighted by atomic mass is 127. The molecule has 2 aliphatic carbocycles. The van der Waals surface area contributed by atoms with E-state index in [1.807, 2.05) is 0 Å². The first-order chi connectivity index (χ1) is 17.3. The molecule has 2 aromatic carbocycles. The summed E-state index contributed by atoms with van der Waals surface area (Å²) in [6, 6.07) is 3.38. The number of carbonyl (C=O) groups is 3. The zero-order chi connectivity index (χ0) is 27.0. The van der Waals surface area contributed by atoms with Crippen molar-refractivity contribution >= 4 is 50.6 Å². The van der Waals surface area contributed by atoms with Crippen molar-refractivity contribution in [3.63, 3.8) is 0 Å². The highest BCUT2D eigenvalue weighted by Crippen LogP contribution is 2.58. The van der Waals surface area contributed by atoms with Crippen molar-refractivity contribution in [1.82, 2.24) is 0 Å². The van der Waals surface area contributed by atoms with Gasteiger partial charge in [0.2, 0.25) is 17.4 Å². The Balaban J connectivity index is 1.39. The van der Waals surface area contributed by atoms with E-state index in [4.69, 9.17) is 14.0 Å². The predicted molar refractivity (Wildman–Crippen MR) is 119 cm³/mol. The number of hydrogen-bond acceptors (Lipinski definition) is 8. The van der Waals surface area contributed by atoms with E-state index >= 15 is 0 Å². The van der Waals surface area contributed by atoms with Crippen LogP contribution in [0.4, 0.5) is 17.6 Å². The molecule has 1 heterocycles. The lowest BCUT2D eigenvalue weighted by molar-refractivity contribution is -0.149. The van der Waals surface area contributed by atoms with Crippen LogP contribution in [0.2, 0.25) is 0 Å². The van der Waals surface area contributed by atoms with Gasteiger partial charge in [-0.05, 0) is 59.5 Å². The largest absolute Gasteiger partial charge is 0.462 e. The van der Waals surface area contributed by atoms with Gasteiger partial charge in [-0.25, -0.2) is 13.6 Å². The second-order valence-corrected chi connectivity index (χ2v) is 11.3. The van der Waals surface area contributed by atoms with E-state index in [9.17, 15) is 40.4 Å². The highest BCUT2D eigenvalue weighted by Gasteiger charge is 2.64. The average molecular weight is 656 g/mol. The monoisotopic (exact) mass is 656 g/mol. The van der Waals surface area contributed by atoms with Crippen molar-refractivity contribution < 1.29 is 59.1 Å². The SMILES string of the molecule is O=C(Oc1c(F)c(F)c(S(=O)(=O)O)c(F)c1F)c1ccc(I)c(OC(=O)C2C3CC4OC(=O)C2C4C3)c1. The van der Waals surface area contributed by atoms with Crippen molar-refractivity contribution in [3.8, 4) is 11.5 Å². The topological polar surface area (TPSA) is 133 Å². The minimum absolute atomic E-state index is 0.0618. The summed E-state index contributed by atoms with van der Waals surface area (Å²) in [5.74, 6) is -16.0. The van der Waals surface area contributed by atoms with E-state index in [-0.39, 0.29) is 23.7 Å². The molecule has 37 heavy (non-hydrogen) atoms. The van der Waals surface area contributed by atoms with Gasteiger partial charge in [0.15, 0.2) is 16.5 Å². The van der Waals surface area contributed by atoms with Crippen LogP contribution in [0, 0.1) is 50.5 Å². The van der Waals surface area contributed by atoms with Gasteiger partial charge in [0.1, 0.15) is 11.9 Å². The molecule has 3 fully saturated rings. The van der Waals surface area contributed by atoms with Crippen LogP contribution in [0.5, 0.6) is 11.5 Å². The molecule has 0 amide bonds. The number of halogens is 5. The molecule has 15 heteroatoms. The molecule has 2 saturated carbocycles. The maximum atomic E-state index is 14.2. The van der Waals surface area contributed by atoms with Crippen LogP contribution in [-0.4, -0.2) is 37.0 Å². The van der Waals surface area contributed by atoms with Gasteiger partial charge in [-0.2, -0.15) is 17.2 Å². The number of benzene rings is 2. The minimum atomic E-state index is -5.69. The first-order valence-electron chi connectivity index (χ1n) is 10.6. The van der Waals surface area contributed by atoms with Crippen LogP contribution in [0.25, 0.3) is 0 Å². The molecule has 196 valence electrons. The summed E-state index contributed by atoms with van der Waals surface area (Å²) in [4.78, 5) is 35.3. The third-order valence-electron chi connectivity index (χ3n) is 6.77. The first kappa shape index (κ1) is 25.8. The Morgan fingerprint density at radius 2 is 1.68 bits per heavy atom. The quantitative estimate of drug-likeness (QED) is 0.128. The average Bonchev–Trinajstić information content (AvgIpc) is 3.44. The van der Waals surface area contributed by atoms with Crippen LogP contribution >= 0.6 is 22.6 Å². The number of esters is 3. The van der Waals surface area contributed by atoms with Gasteiger partial charge in [-0.15, -0.1) is 0 Å². The van der Waals surface area contributed by atoms with Crippen LogP contribution in [0.15, 0.2) is 23.1 Å². The molecule has 1 N–H and O–H groups in total. The molecule has 0 aromatic heterocycles. The maximum Gasteiger partial charge on any atom is 0.343 e. The molecule has 0 radical (unpaired) electrons. The summed E-state index contributed by atoms with van der Waals surface area (Å²) in [5.41, 5.74) is -0.449. The van der Waals surface area contributed by atoms with E-state index < -0.39 is 79.3 Å². The van der Waals surface area contributed by atoms with E-state index in [0.717, 1.165) is 12.1 Å². The maximum absolute atomic E-state index is 14.2. The molecule has 3 aliphatic rings. The lowest BCUT2D eigenvalue weighted by atomic mass is 9.80. The number of hydrogen-bond donors (Lipinski definition) is 1. The van der Waals surface area contributed by atoms with E-state index in [1.54, 1.807) is 22.6 Å². The van der Waals surface area contributed by atoms with Crippen LogP contribution < -0.4 is 9.47 Å². The fourth-order valence-corrected chi connectivity index (χ4v) is 6.35. The van der Waals surface area contributed by atoms with Crippen molar-refractivity contribution in [1.29, 1.82) is 0 Å². The van der Waals surface area contributed by atoms with Crippen LogP contribution in [0.1, 0.15) is 23.2 Å². The van der Waals surface area contributed by atoms with Gasteiger partial charge in [0, 0.05) is 5.92 Å². The Morgan fingerprint density at radius 1 is 1.03 bits per heavy atom. The molecule has 5 unspecified atom stereocenters. The van der Waals surface area contributed by atoms with Gasteiger partial charge in [0.05, 0.1) is 21.0 Å². The summed E-state index contributed by atoms with van der Waals surface area (Å²) in [5, 5.41) is 0. The molecule has 0 spiro atoms. The van der Waals surface area contributed by atoms with Gasteiger partial charge in [-0.3, -0.25) is 14.1 Å². The van der Waals surface area contributed by atoms with Gasteiger partial charge in [0.25, 0.3) is 0 Å². The zero-order valence-electron chi connectivity index (χ0n) is 18.0. The van der Waals surface area contributed by atoms with E-state index in [1.165, 1.54) is 6.07 Å². The molecule has 5 rings (SSSR count). The summed E-state index contributed by atoms with van der Waals surface area (Å²) in [6.07, 6.45) is 0.980. The van der Waals surface area contributed by atoms with Gasteiger partial charge in [-0.1, -0.05) is 0 Å². The van der Waals surface area contributed by atoms with Crippen LogP contribution in [-0.2, 0) is 24.4 Å². The molecular formula is C22H13F4IO9S. The number of rotatable bonds is 5. The summed E-state index contributed by atoms with van der Waals surface area (Å²) >= 11 is 1.78. The smallest absolute Gasteiger partial charge is 0.343 e. The first-order valence-corrected chi connectivity index (χ1v) is 13.1. The minimum Gasteiger partial charge on any atom is -0.462 e. The predicted octanol–water partition coefficient (Wildman–Crippen LogP) is 3.42. The van der Waals surface area contributed by atoms with Gasteiger partial charge < -0.3 is 14.2 Å². The fraction of sp³-hybridized carbons (Fsp3) is 0.318. The molecule has 9 nitrogen and oxygen atoms in total. The fourth-order valence-electron chi connectivity index (χ4n) is 5.27. The van der Waals surface area contributed by atoms with Crippen molar-refractivity contribution in [2.45, 2.75) is 23.8 Å². The third-order valence-corrected chi connectivity index (χ3v) is 8.53. The lowest BCUT2D eigenvalue weighted by Crippen LogP contribution is -2.35. The Bertz CT molecular complexity index is 1460. The molecule has 2 aromatic rings. The lowest BCUT2D eigenvalue weighted by Gasteiger charge is -2.23. The Hall–Kier alpha value is -2.79. The Morgan fingerprint density at radius 3 is 2.30 bits per heavy atom. The Labute approximate surface area is 218 Å². The Kier molecular flexibility index (Phi) is 6.22. The standard InChI is InChI=1S/C22H13F4IO9S/c23-14-16(25)19(37(31,32)33)17(26)15(24)18(14)36-20(28)6-1-2-9(27)11(4-6)35-21(29)12-7-3-8-10(5-7)34-22(30)13(8)12/h1-2,4,7-8,10,12-13H,3,5H2,(H,31,32,33). The summed E-state index contributed by atoms with van der Waals surface area (Å²) < 4.78 is 103. The normalized spacial score (nSPS) is 25.8. The second-order valence-electron chi connectivity index (χ2n) is 8.77. The number of ether oxygens (including phenoxy) is 3. The summed E-state index contributed by atoms with van der Waals surface area (Å²) in [7, 11) is -5.69. The highest BCUT2D eigenvalue weighted by molar-refractivity contribution is 14.1. The summed E-state index contributed by atoms with van der Waals surface area (Å²) in [6.45, 7) is 0. The van der Waals surface area contributed by atoms with Crippen molar-refractivity contribution in [3.05, 3.63) is 50.6 Å². The van der Waals surface area contributed by atoms with E-state index in [2.05, 4.69) is 4.74 Å². The second kappa shape index (κ2) is 8.90. The van der Waals surface area contributed by atoms with E-state index in [0.29, 0.717) is 16.4 Å². The van der Waals surface area contributed by atoms with Crippen molar-refractivity contribution in [2.75, 3.05) is 0 Å². The molecule has 2 bridgehead atoms. The van der Waals surface area contributed by atoms with Crippen molar-refractivity contribution in [2.24, 2.45) is 23.7 Å². The van der Waals surface area contributed by atoms with Gasteiger partial charge >= 0.3 is 28.0 Å². The molecule has 1 saturated heterocycles. The zero-order valence-corrected chi connectivity index (χ0v) is 21.0. The third kappa shape index (κ3) is 4.16.